The van der Waals surface area contributed by atoms with Crippen LogP contribution in [0, 0.1) is 0 Å². The maximum absolute atomic E-state index is 14.4. The molecular weight excluding hydrogens is 1440 g/mol. The number of carbonyl (C=O) groups is 7. The van der Waals surface area contributed by atoms with Crippen LogP contribution in [0.2, 0.25) is 0 Å². The molecule has 0 aliphatic carbocycles. The van der Waals surface area contributed by atoms with Crippen LogP contribution in [0.25, 0.3) is 0 Å². The number of nitrogens with one attached hydrogen (secondary N) is 8. The minimum absolute atomic E-state index is 0.0337. The van der Waals surface area contributed by atoms with E-state index in [1.807, 2.05) is 13.8 Å². The van der Waals surface area contributed by atoms with Gasteiger partial charge in [-0.05, 0) is 117 Å². The van der Waals surface area contributed by atoms with E-state index in [0.29, 0.717) is 84.5 Å². The number of rotatable bonds is 67. The molecule has 648 valence electrons. The highest BCUT2D eigenvalue weighted by atomic mass is 16.7. The van der Waals surface area contributed by atoms with Gasteiger partial charge in [-0.3, -0.25) is 33.6 Å². The Balaban J connectivity index is 1.44. The topological polar surface area (TPSA) is 462 Å². The molecule has 0 spiro atoms. The molecule has 0 saturated carbocycles. The van der Waals surface area contributed by atoms with Crippen molar-refractivity contribution < 1.29 is 113 Å². The fourth-order valence-electron chi connectivity index (χ4n) is 14.1. The molecule has 17 N–H and O–H groups in total. The molecule has 3 saturated heterocycles. The van der Waals surface area contributed by atoms with Crippen LogP contribution >= 0.6 is 0 Å². The number of amides is 7. The van der Waals surface area contributed by atoms with Crippen molar-refractivity contribution in [3.63, 3.8) is 0 Å². The van der Waals surface area contributed by atoms with E-state index in [2.05, 4.69) is 42.5 Å². The molecule has 0 bridgehead atoms. The third-order valence-electron chi connectivity index (χ3n) is 20.6. The number of hydrogen-bond acceptors (Lipinski definition) is 24. The Bertz CT molecular complexity index is 2450. The van der Waals surface area contributed by atoms with Crippen LogP contribution in [-0.2, 0) is 66.7 Å². The first-order valence-corrected chi connectivity index (χ1v) is 42.5. The average Bonchev–Trinajstić information content (AvgIpc) is 0.821. The lowest BCUT2D eigenvalue weighted by Crippen LogP contribution is -2.64. The summed E-state index contributed by atoms with van der Waals surface area (Å²) in [6.07, 6.45) is 19.6. The van der Waals surface area contributed by atoms with Crippen molar-refractivity contribution in [2.24, 2.45) is 0 Å². The van der Waals surface area contributed by atoms with E-state index in [9.17, 15) is 79.5 Å². The van der Waals surface area contributed by atoms with E-state index in [0.717, 1.165) is 212 Å². The van der Waals surface area contributed by atoms with Gasteiger partial charge in [0.25, 0.3) is 0 Å². The molecule has 3 aliphatic heterocycles. The zero-order valence-corrected chi connectivity index (χ0v) is 68.0. The van der Waals surface area contributed by atoms with Crippen LogP contribution in [0.3, 0.4) is 0 Å². The van der Waals surface area contributed by atoms with Gasteiger partial charge in [-0.2, -0.15) is 0 Å². The summed E-state index contributed by atoms with van der Waals surface area (Å²) in [5.41, 5.74) is 0. The molecular formula is C80H150N8O23. The fraction of sp³-hybridized carbons (Fsp3) is 0.912. The summed E-state index contributed by atoms with van der Waals surface area (Å²) in [7, 11) is 0. The lowest BCUT2D eigenvalue weighted by molar-refractivity contribution is -0.270. The van der Waals surface area contributed by atoms with Crippen molar-refractivity contribution in [3.8, 4) is 0 Å². The molecule has 3 heterocycles. The van der Waals surface area contributed by atoms with Gasteiger partial charge in [0.15, 0.2) is 18.9 Å². The monoisotopic (exact) mass is 1590 g/mol. The van der Waals surface area contributed by atoms with Gasteiger partial charge in [-0.15, -0.1) is 0 Å². The van der Waals surface area contributed by atoms with Gasteiger partial charge in [-0.25, -0.2) is 0 Å². The molecule has 111 heavy (non-hydrogen) atoms. The Hall–Kier alpha value is -4.39. The first kappa shape index (κ1) is 101. The largest absolute Gasteiger partial charge is 0.394 e. The van der Waals surface area contributed by atoms with E-state index in [1.54, 1.807) is 0 Å². The predicted molar refractivity (Wildman–Crippen MR) is 418 cm³/mol. The third kappa shape index (κ3) is 45.1. The second-order valence-electron chi connectivity index (χ2n) is 30.9. The molecule has 0 aromatic heterocycles. The minimum atomic E-state index is -1.37. The van der Waals surface area contributed by atoms with E-state index in [4.69, 9.17) is 33.2 Å². The number of hydrogen-bond donors (Lipinski definition) is 17. The van der Waals surface area contributed by atoms with Crippen LogP contribution in [0.1, 0.15) is 285 Å². The Kier molecular flexibility index (Phi) is 57.1. The smallest absolute Gasteiger partial charge is 0.243 e. The Morgan fingerprint density at radius 2 is 0.631 bits per heavy atom. The van der Waals surface area contributed by atoms with Crippen molar-refractivity contribution in [1.29, 1.82) is 0 Å². The first-order chi connectivity index (χ1) is 53.5. The molecule has 3 fully saturated rings. The van der Waals surface area contributed by atoms with Crippen LogP contribution in [0.5, 0.6) is 0 Å². The van der Waals surface area contributed by atoms with Crippen molar-refractivity contribution >= 4 is 41.4 Å². The Labute approximate surface area is 661 Å². The van der Waals surface area contributed by atoms with E-state index < -0.39 is 147 Å². The predicted octanol–water partition coefficient (Wildman–Crippen LogP) is 4.30. The zero-order chi connectivity index (χ0) is 81.4. The van der Waals surface area contributed by atoms with Crippen LogP contribution < -0.4 is 42.5 Å². The minimum Gasteiger partial charge on any atom is -0.394 e. The van der Waals surface area contributed by atoms with Crippen LogP contribution in [-0.4, -0.2) is 270 Å². The summed E-state index contributed by atoms with van der Waals surface area (Å²) >= 11 is 0. The SMILES string of the molecule is CC(=O)NC1C(OCCCCCCCCCCCCNCCCCC(NC(=O)CCCCCCCCCCCOC2OC(CO)C(O)C(O)C2NC(C)=O)C(=O)NC(CCCCNC(=O)CCCCCCCCCCOC2OC(CO)C(O)C(O)C2NC(C)=O)C(=O)NCCCCCCOC(C)C)OC(CO)C(O)C1O. The van der Waals surface area contributed by atoms with Crippen molar-refractivity contribution in [2.45, 2.75) is 395 Å². The normalized spacial score (nSPS) is 24.5. The molecule has 0 aromatic rings. The lowest BCUT2D eigenvalue weighted by Gasteiger charge is -2.42. The molecule has 3 rings (SSSR count). The van der Waals surface area contributed by atoms with E-state index in [1.165, 1.54) is 20.8 Å². The first-order valence-electron chi connectivity index (χ1n) is 42.5. The number of carbonyl (C=O) groups excluding carboxylic acids is 7. The quantitative estimate of drug-likeness (QED) is 0.0377. The van der Waals surface area contributed by atoms with Crippen molar-refractivity contribution in [2.75, 3.05) is 72.4 Å². The highest BCUT2D eigenvalue weighted by Crippen LogP contribution is 2.27. The van der Waals surface area contributed by atoms with Gasteiger partial charge in [0.05, 0.1) is 25.9 Å². The Morgan fingerprint density at radius 1 is 0.333 bits per heavy atom. The van der Waals surface area contributed by atoms with Gasteiger partial charge in [0, 0.05) is 73.1 Å². The van der Waals surface area contributed by atoms with Crippen LogP contribution in [0.15, 0.2) is 0 Å². The highest BCUT2D eigenvalue weighted by molar-refractivity contribution is 5.92. The van der Waals surface area contributed by atoms with Crippen molar-refractivity contribution in [3.05, 3.63) is 0 Å². The molecule has 17 atom stereocenters. The lowest BCUT2D eigenvalue weighted by atomic mass is 9.97. The maximum Gasteiger partial charge on any atom is 0.243 e. The molecule has 0 radical (unpaired) electrons. The third-order valence-corrected chi connectivity index (χ3v) is 20.6. The number of aliphatic hydroxyl groups is 9. The summed E-state index contributed by atoms with van der Waals surface area (Å²) in [6.45, 7) is 10.6. The number of unbranched alkanes of at least 4 members (excludes halogenated alkanes) is 29. The van der Waals surface area contributed by atoms with Crippen molar-refractivity contribution in [1.82, 2.24) is 42.5 Å². The second kappa shape index (κ2) is 62.8. The average molecular weight is 1590 g/mol. The molecule has 3 aliphatic rings. The molecule has 31 nitrogen and oxygen atoms in total. The van der Waals surface area contributed by atoms with E-state index in [-0.39, 0.29) is 30.2 Å². The molecule has 0 aromatic carbocycles. The standard InChI is InChI=1S/C80H150N8O23/c1-56(2)105-49-37-28-24-34-48-83-76(103)60(41-32-36-47-82-65(95)43-29-21-15-10-14-20-27-40-52-108-80-69(86-59(5)94)75(102)72(99)64(55-91)111-80)88-77(104)61(87-66(96)44-30-22-16-9-8-13-19-26-39-51-107-79-68(85-58(4)93)74(101)71(98)63(54-90)110-79)42-31-35-46-81-45-33-23-17-11-6-7-12-18-25-38-50-106-78-67(84-57(3)92)73(100)70(97)62(53-89)109-78/h56,60-64,67-75,78-81,89-91,97-102H,6-55H2,1-5H3,(H,82,95)(H,83,103)(H,84,92)(H,85,93)(H,86,94)(H,87,96)(H,88,104). The molecule has 31 heteroatoms. The second-order valence-corrected chi connectivity index (χ2v) is 30.9. The number of aliphatic hydroxyl groups excluding tert-OH is 9. The Morgan fingerprint density at radius 3 is 0.991 bits per heavy atom. The fourth-order valence-corrected chi connectivity index (χ4v) is 14.1. The summed E-state index contributed by atoms with van der Waals surface area (Å²) in [5.74, 6) is -2.15. The molecule has 7 amide bonds. The summed E-state index contributed by atoms with van der Waals surface area (Å²) in [5, 5.41) is 115. The van der Waals surface area contributed by atoms with Gasteiger partial charge in [0.1, 0.15) is 85.1 Å². The van der Waals surface area contributed by atoms with Crippen LogP contribution in [0.4, 0.5) is 0 Å². The van der Waals surface area contributed by atoms with Gasteiger partial charge in [-0.1, -0.05) is 148 Å². The summed E-state index contributed by atoms with van der Waals surface area (Å²) in [4.78, 5) is 90.1. The molecule has 17 unspecified atom stereocenters. The number of ether oxygens (including phenoxy) is 7. The summed E-state index contributed by atoms with van der Waals surface area (Å²) < 4.78 is 40.1. The highest BCUT2D eigenvalue weighted by Gasteiger charge is 2.48. The van der Waals surface area contributed by atoms with E-state index >= 15 is 0 Å². The van der Waals surface area contributed by atoms with Gasteiger partial charge >= 0.3 is 0 Å². The van der Waals surface area contributed by atoms with Gasteiger partial charge < -0.3 is 122 Å². The maximum atomic E-state index is 14.4. The zero-order valence-electron chi connectivity index (χ0n) is 68.0. The summed E-state index contributed by atoms with van der Waals surface area (Å²) in [6, 6.07) is -4.59. The van der Waals surface area contributed by atoms with Gasteiger partial charge in [0.2, 0.25) is 41.4 Å².